The van der Waals surface area contributed by atoms with Crippen LogP contribution >= 0.6 is 11.3 Å². The number of piperazine rings is 1. The highest BCUT2D eigenvalue weighted by Gasteiger charge is 2.58. The molecule has 336 valence electrons. The van der Waals surface area contributed by atoms with E-state index < -0.39 is 5.97 Å². The van der Waals surface area contributed by atoms with Crippen molar-refractivity contribution in [1.29, 1.82) is 0 Å². The molecule has 5 aromatic rings. The van der Waals surface area contributed by atoms with E-state index in [4.69, 9.17) is 19.8 Å². The first-order valence-corrected chi connectivity index (χ1v) is 24.1. The number of benzene rings is 1. The Morgan fingerprint density at radius 1 is 0.952 bits per heavy atom. The summed E-state index contributed by atoms with van der Waals surface area (Å²) in [6.45, 7) is 26.6. The van der Waals surface area contributed by atoms with Crippen LogP contribution in [0.5, 0.6) is 0 Å². The molecule has 0 amide bonds. The van der Waals surface area contributed by atoms with Crippen molar-refractivity contribution >= 4 is 50.1 Å². The summed E-state index contributed by atoms with van der Waals surface area (Å²) in [5.41, 5.74) is 5.63. The first-order valence-electron chi connectivity index (χ1n) is 23.3. The lowest BCUT2D eigenvalue weighted by Gasteiger charge is -2.61. The Morgan fingerprint density at radius 3 is 2.40 bits per heavy atom. The van der Waals surface area contributed by atoms with Crippen molar-refractivity contribution in [2.24, 2.45) is 16.2 Å². The Hall–Kier alpha value is -4.50. The lowest BCUT2D eigenvalue weighted by atomic mass is 9.46. The van der Waals surface area contributed by atoms with Crippen LogP contribution in [0.4, 0.5) is 22.6 Å². The first-order chi connectivity index (χ1) is 30.1. The number of carbonyl (C=O) groups is 1. The van der Waals surface area contributed by atoms with Gasteiger partial charge in [0, 0.05) is 60.7 Å². The number of fused-ring (bicyclic) bond motifs is 4. The number of hydrogen-bond acceptors (Lipinski definition) is 11. The predicted molar refractivity (Wildman–Crippen MR) is 251 cm³/mol. The molecule has 3 N–H and O–H groups in total. The standard InChI is InChI=1S/C49H66N10O3S/c1-9-49(29-46(6)26-47(7,30-49)28-48(8,27-46)62-24-23-56-19-21-57(22-20-56)32(2)3)31-59-34(5)37(25-50-59)36-16-17-40(52-41(36)44(60)61)58-18-12-13-35-33(4)42(54-55-43(35)58)53-45-51-38-14-10-11-15-39(38)63-45/h10-11,14-17,25,32H,9,12-13,18-24,26-31H2,1-8H3,(H,60,61)(H,51,53,54)/p+1/t46-,47+,48?,49?. The summed E-state index contributed by atoms with van der Waals surface area (Å²) < 4.78 is 10.2. The highest BCUT2D eigenvalue weighted by atomic mass is 32.1. The topological polar surface area (TPSA) is 139 Å². The zero-order valence-electron chi connectivity index (χ0n) is 38.7. The van der Waals surface area contributed by atoms with E-state index in [-0.39, 0.29) is 27.5 Å². The Morgan fingerprint density at radius 2 is 1.70 bits per heavy atom. The third kappa shape index (κ3) is 8.72. The van der Waals surface area contributed by atoms with E-state index in [2.05, 4.69) is 86.6 Å². The summed E-state index contributed by atoms with van der Waals surface area (Å²) in [5.74, 6) is 0.859. The summed E-state index contributed by atoms with van der Waals surface area (Å²) in [5, 5.41) is 29.1. The SMILES string of the molecule is CCC1(Cn2ncc(-c3ccc(N4CCCc5c4nnc(Nc4nc6ccccc6s4)c5C)nc3C(=O)O)c2C)C[C@@]2(C)CC(C)(OCCN3CC[NH+](C(C)C)CC3)C[C@@](C)(C1)C2. The Bertz CT molecular complexity index is 2440. The second-order valence-electron chi connectivity index (χ2n) is 20.8. The van der Waals surface area contributed by atoms with Crippen LogP contribution in [0.1, 0.15) is 114 Å². The maximum Gasteiger partial charge on any atom is 0.355 e. The molecule has 14 heteroatoms. The summed E-state index contributed by atoms with van der Waals surface area (Å²) in [4.78, 5) is 28.9. The van der Waals surface area contributed by atoms with Crippen LogP contribution in [0, 0.1) is 30.1 Å². The quantitative estimate of drug-likeness (QED) is 0.105. The van der Waals surface area contributed by atoms with Crippen molar-refractivity contribution in [3.05, 3.63) is 65.1 Å². The molecule has 4 aliphatic rings. The van der Waals surface area contributed by atoms with E-state index in [0.29, 0.717) is 35.6 Å². The Balaban J connectivity index is 0.903. The molecule has 3 fully saturated rings. The van der Waals surface area contributed by atoms with E-state index in [0.717, 1.165) is 115 Å². The van der Waals surface area contributed by atoms with Crippen LogP contribution < -0.4 is 15.1 Å². The lowest BCUT2D eigenvalue weighted by molar-refractivity contribution is -0.925. The summed E-state index contributed by atoms with van der Waals surface area (Å²) in [7, 11) is 0. The Kier molecular flexibility index (Phi) is 11.7. The third-order valence-electron chi connectivity index (χ3n) is 15.1. The molecule has 4 atom stereocenters. The van der Waals surface area contributed by atoms with Gasteiger partial charge in [0.05, 0.1) is 47.8 Å². The molecule has 6 heterocycles. The number of quaternary nitrogens is 1. The molecule has 2 aliphatic heterocycles. The highest BCUT2D eigenvalue weighted by Crippen LogP contribution is 2.65. The monoisotopic (exact) mass is 876 g/mol. The molecular formula is C49H67N10O3S+. The van der Waals surface area contributed by atoms with Crippen LogP contribution in [-0.4, -0.2) is 103 Å². The van der Waals surface area contributed by atoms with Crippen molar-refractivity contribution in [3.63, 3.8) is 0 Å². The number of nitrogens with zero attached hydrogens (tertiary/aromatic N) is 8. The summed E-state index contributed by atoms with van der Waals surface area (Å²) in [6, 6.07) is 12.6. The Labute approximate surface area is 376 Å². The molecule has 63 heavy (non-hydrogen) atoms. The lowest BCUT2D eigenvalue weighted by Crippen LogP contribution is -3.17. The molecule has 2 unspecified atom stereocenters. The average Bonchev–Trinajstić information content (AvgIpc) is 3.82. The molecule has 2 aliphatic carbocycles. The smallest absolute Gasteiger partial charge is 0.355 e. The highest BCUT2D eigenvalue weighted by molar-refractivity contribution is 7.22. The molecule has 0 spiro atoms. The van der Waals surface area contributed by atoms with Crippen molar-refractivity contribution in [1.82, 2.24) is 34.8 Å². The number of aromatic carboxylic acids is 1. The number of hydrogen-bond donors (Lipinski definition) is 3. The van der Waals surface area contributed by atoms with Crippen molar-refractivity contribution < 1.29 is 19.5 Å². The van der Waals surface area contributed by atoms with Gasteiger partial charge in [-0.05, 0) is 126 Å². The maximum atomic E-state index is 13.0. The molecule has 2 saturated carbocycles. The van der Waals surface area contributed by atoms with E-state index in [1.807, 2.05) is 41.4 Å². The van der Waals surface area contributed by atoms with Gasteiger partial charge in [0.25, 0.3) is 0 Å². The number of nitrogens with one attached hydrogen (secondary N) is 2. The molecule has 13 nitrogen and oxygen atoms in total. The van der Waals surface area contributed by atoms with Crippen LogP contribution in [0.15, 0.2) is 42.6 Å². The van der Waals surface area contributed by atoms with Gasteiger partial charge >= 0.3 is 5.97 Å². The van der Waals surface area contributed by atoms with Crippen LogP contribution in [-0.2, 0) is 17.7 Å². The molecule has 1 saturated heterocycles. The minimum atomic E-state index is -1.07. The van der Waals surface area contributed by atoms with Crippen LogP contribution in [0.25, 0.3) is 21.3 Å². The van der Waals surface area contributed by atoms with Crippen molar-refractivity contribution in [2.45, 2.75) is 125 Å². The fourth-order valence-corrected chi connectivity index (χ4v) is 13.8. The number of para-hydroxylation sites is 1. The molecule has 2 bridgehead atoms. The number of rotatable bonds is 13. The van der Waals surface area contributed by atoms with E-state index in [1.165, 1.54) is 19.5 Å². The van der Waals surface area contributed by atoms with Crippen molar-refractivity contribution in [2.75, 3.05) is 56.1 Å². The van der Waals surface area contributed by atoms with Gasteiger partial charge in [0.1, 0.15) is 5.82 Å². The normalized spacial score (nSPS) is 26.7. The van der Waals surface area contributed by atoms with Crippen molar-refractivity contribution in [3.8, 4) is 11.1 Å². The van der Waals surface area contributed by atoms with E-state index in [9.17, 15) is 9.90 Å². The van der Waals surface area contributed by atoms with Crippen LogP contribution in [0.2, 0.25) is 0 Å². The molecule has 9 rings (SSSR count). The average molecular weight is 876 g/mol. The van der Waals surface area contributed by atoms with Gasteiger partial charge < -0.3 is 25.0 Å². The summed E-state index contributed by atoms with van der Waals surface area (Å²) >= 11 is 1.58. The second kappa shape index (κ2) is 16.8. The number of carboxylic acid groups (broad SMARTS) is 1. The zero-order valence-corrected chi connectivity index (χ0v) is 39.5. The van der Waals surface area contributed by atoms with Gasteiger partial charge in [-0.2, -0.15) is 5.10 Å². The second-order valence-corrected chi connectivity index (χ2v) is 21.9. The summed E-state index contributed by atoms with van der Waals surface area (Å²) in [6.07, 6.45) is 10.2. The number of thiazole rings is 1. The number of anilines is 4. The first kappa shape index (κ1) is 43.7. The fourth-order valence-electron chi connectivity index (χ4n) is 12.9. The van der Waals surface area contributed by atoms with Gasteiger partial charge in [0.15, 0.2) is 22.5 Å². The number of pyridine rings is 1. The number of carboxylic acids is 1. The van der Waals surface area contributed by atoms with Gasteiger partial charge in [0.2, 0.25) is 0 Å². The predicted octanol–water partition coefficient (Wildman–Crippen LogP) is 8.26. The van der Waals surface area contributed by atoms with E-state index in [1.54, 1.807) is 16.2 Å². The third-order valence-corrected chi connectivity index (χ3v) is 16.1. The number of ether oxygens (including phenoxy) is 1. The molecular weight excluding hydrogens is 809 g/mol. The van der Waals surface area contributed by atoms with Gasteiger partial charge in [-0.1, -0.05) is 44.2 Å². The molecule has 1 aromatic carbocycles. The van der Waals surface area contributed by atoms with Gasteiger partial charge in [-0.25, -0.2) is 14.8 Å². The number of aromatic nitrogens is 6. The molecule has 0 radical (unpaired) electrons. The van der Waals surface area contributed by atoms with E-state index >= 15 is 0 Å². The maximum absolute atomic E-state index is 13.0. The largest absolute Gasteiger partial charge is 0.476 e. The fraction of sp³-hybridized carbons (Fsp3) is 0.592. The van der Waals surface area contributed by atoms with Gasteiger partial charge in [-0.15, -0.1) is 10.2 Å². The zero-order chi connectivity index (χ0) is 44.3. The molecule has 4 aromatic heterocycles. The van der Waals surface area contributed by atoms with Gasteiger partial charge in [-0.3, -0.25) is 9.58 Å². The minimum absolute atomic E-state index is 0.0108. The van der Waals surface area contributed by atoms with Crippen LogP contribution in [0.3, 0.4) is 0 Å². The minimum Gasteiger partial charge on any atom is -0.476 e.